The SMILES string of the molecule is COCCN(CC(C)C)C(=O)CCCN1C(=O)c2ccc(C)cc2C1=O. The monoisotopic (exact) mass is 360 g/mol. The summed E-state index contributed by atoms with van der Waals surface area (Å²) in [5.74, 6) is -0.131. The van der Waals surface area contributed by atoms with Crippen LogP contribution < -0.4 is 0 Å². The topological polar surface area (TPSA) is 66.9 Å². The van der Waals surface area contributed by atoms with Gasteiger partial charge in [-0.3, -0.25) is 19.3 Å². The van der Waals surface area contributed by atoms with Crippen molar-refractivity contribution in [1.29, 1.82) is 0 Å². The number of nitrogens with zero attached hydrogens (tertiary/aromatic N) is 2. The Morgan fingerprint density at radius 1 is 1.19 bits per heavy atom. The standard InChI is InChI=1S/C20H28N2O4/c1-14(2)13-21(10-11-26-4)18(23)6-5-9-22-19(24)16-8-7-15(3)12-17(16)20(22)25/h7-8,12,14H,5-6,9-11,13H2,1-4H3. The number of hydrogen-bond acceptors (Lipinski definition) is 4. The molecular weight excluding hydrogens is 332 g/mol. The average Bonchev–Trinajstić information content (AvgIpc) is 2.82. The number of methoxy groups -OCH3 is 1. The predicted octanol–water partition coefficient (Wildman–Crippen LogP) is 2.50. The predicted molar refractivity (Wildman–Crippen MR) is 99.1 cm³/mol. The molecule has 1 aliphatic rings. The van der Waals surface area contributed by atoms with Gasteiger partial charge in [-0.1, -0.05) is 25.5 Å². The average molecular weight is 360 g/mol. The highest BCUT2D eigenvalue weighted by Gasteiger charge is 2.35. The molecule has 6 heteroatoms. The Morgan fingerprint density at radius 3 is 2.54 bits per heavy atom. The van der Waals surface area contributed by atoms with Gasteiger partial charge >= 0.3 is 0 Å². The Hall–Kier alpha value is -2.21. The Labute approximate surface area is 155 Å². The largest absolute Gasteiger partial charge is 0.383 e. The lowest BCUT2D eigenvalue weighted by Gasteiger charge is -2.24. The summed E-state index contributed by atoms with van der Waals surface area (Å²) < 4.78 is 5.07. The van der Waals surface area contributed by atoms with Gasteiger partial charge in [0.2, 0.25) is 5.91 Å². The van der Waals surface area contributed by atoms with Crippen LogP contribution in [0.5, 0.6) is 0 Å². The summed E-state index contributed by atoms with van der Waals surface area (Å²) in [5, 5.41) is 0. The molecule has 0 N–H and O–H groups in total. The van der Waals surface area contributed by atoms with E-state index < -0.39 is 0 Å². The van der Waals surface area contributed by atoms with Gasteiger partial charge in [-0.25, -0.2) is 0 Å². The molecule has 0 unspecified atom stereocenters. The van der Waals surface area contributed by atoms with E-state index in [1.807, 2.05) is 13.0 Å². The molecule has 1 aromatic carbocycles. The molecule has 142 valence electrons. The van der Waals surface area contributed by atoms with Crippen molar-refractivity contribution in [3.8, 4) is 0 Å². The zero-order valence-electron chi connectivity index (χ0n) is 16.1. The van der Waals surface area contributed by atoms with Crippen molar-refractivity contribution in [2.75, 3.05) is 33.4 Å². The number of rotatable bonds is 9. The highest BCUT2D eigenvalue weighted by atomic mass is 16.5. The molecule has 1 aliphatic heterocycles. The molecule has 0 radical (unpaired) electrons. The quantitative estimate of drug-likeness (QED) is 0.635. The summed E-state index contributed by atoms with van der Waals surface area (Å²) in [7, 11) is 1.61. The van der Waals surface area contributed by atoms with Crippen molar-refractivity contribution in [3.05, 3.63) is 34.9 Å². The van der Waals surface area contributed by atoms with E-state index in [0.717, 1.165) is 5.56 Å². The molecule has 6 nitrogen and oxygen atoms in total. The van der Waals surface area contributed by atoms with Crippen LogP contribution in [0.25, 0.3) is 0 Å². The normalized spacial score (nSPS) is 13.5. The zero-order valence-corrected chi connectivity index (χ0v) is 16.1. The van der Waals surface area contributed by atoms with Gasteiger partial charge in [0.1, 0.15) is 0 Å². The maximum absolute atomic E-state index is 12.5. The van der Waals surface area contributed by atoms with E-state index in [0.29, 0.717) is 49.6 Å². The minimum absolute atomic E-state index is 0.0307. The van der Waals surface area contributed by atoms with Crippen molar-refractivity contribution in [3.63, 3.8) is 0 Å². The number of carbonyl (C=O) groups is 3. The van der Waals surface area contributed by atoms with Crippen LogP contribution in [0.1, 0.15) is 53.0 Å². The van der Waals surface area contributed by atoms with Crippen molar-refractivity contribution in [1.82, 2.24) is 9.80 Å². The lowest BCUT2D eigenvalue weighted by atomic mass is 10.1. The van der Waals surface area contributed by atoms with Gasteiger partial charge in [0.05, 0.1) is 17.7 Å². The van der Waals surface area contributed by atoms with E-state index in [1.54, 1.807) is 24.1 Å². The molecule has 2 rings (SSSR count). The summed E-state index contributed by atoms with van der Waals surface area (Å²) in [6, 6.07) is 5.28. The summed E-state index contributed by atoms with van der Waals surface area (Å²) in [6.45, 7) is 8.01. The van der Waals surface area contributed by atoms with Crippen molar-refractivity contribution in [2.24, 2.45) is 5.92 Å². The van der Waals surface area contributed by atoms with Crippen LogP contribution in [0.2, 0.25) is 0 Å². The van der Waals surface area contributed by atoms with Crippen molar-refractivity contribution < 1.29 is 19.1 Å². The molecule has 0 saturated carbocycles. The Morgan fingerprint density at radius 2 is 1.88 bits per heavy atom. The van der Waals surface area contributed by atoms with Crippen LogP contribution in [0.3, 0.4) is 0 Å². The minimum atomic E-state index is -0.268. The lowest BCUT2D eigenvalue weighted by molar-refractivity contribution is -0.132. The van der Waals surface area contributed by atoms with Gasteiger partial charge in [0.15, 0.2) is 0 Å². The number of benzene rings is 1. The molecule has 3 amide bonds. The smallest absolute Gasteiger partial charge is 0.261 e. The second kappa shape index (κ2) is 8.94. The number of imide groups is 1. The van der Waals surface area contributed by atoms with Gasteiger partial charge in [0.25, 0.3) is 11.8 Å². The number of ether oxygens (including phenoxy) is 1. The Bertz CT molecular complexity index is 684. The number of hydrogen-bond donors (Lipinski definition) is 0. The molecule has 0 fully saturated rings. The second-order valence-electron chi connectivity index (χ2n) is 7.14. The fourth-order valence-electron chi connectivity index (χ4n) is 3.11. The number of aryl methyl sites for hydroxylation is 1. The molecule has 0 atom stereocenters. The van der Waals surface area contributed by atoms with Gasteiger partial charge < -0.3 is 9.64 Å². The van der Waals surface area contributed by atoms with E-state index in [9.17, 15) is 14.4 Å². The molecule has 26 heavy (non-hydrogen) atoms. The number of carbonyl (C=O) groups excluding carboxylic acids is 3. The van der Waals surface area contributed by atoms with Crippen LogP contribution in [-0.2, 0) is 9.53 Å². The molecule has 0 spiro atoms. The molecule has 0 bridgehead atoms. The van der Waals surface area contributed by atoms with E-state index in [1.165, 1.54) is 4.90 Å². The molecular formula is C20H28N2O4. The van der Waals surface area contributed by atoms with E-state index in [4.69, 9.17) is 4.74 Å². The first-order chi connectivity index (χ1) is 12.3. The molecule has 0 saturated heterocycles. The number of amides is 3. The van der Waals surface area contributed by atoms with Crippen LogP contribution >= 0.6 is 0 Å². The van der Waals surface area contributed by atoms with Gasteiger partial charge in [-0.2, -0.15) is 0 Å². The van der Waals surface area contributed by atoms with Crippen LogP contribution in [0.4, 0.5) is 0 Å². The molecule has 1 aromatic rings. The third-order valence-corrected chi connectivity index (χ3v) is 4.40. The van der Waals surface area contributed by atoms with Crippen LogP contribution in [0, 0.1) is 12.8 Å². The van der Waals surface area contributed by atoms with Gasteiger partial charge in [-0.15, -0.1) is 0 Å². The maximum Gasteiger partial charge on any atom is 0.261 e. The van der Waals surface area contributed by atoms with Crippen molar-refractivity contribution >= 4 is 17.7 Å². The van der Waals surface area contributed by atoms with E-state index in [-0.39, 0.29) is 24.3 Å². The molecule has 0 aliphatic carbocycles. The maximum atomic E-state index is 12.5. The highest BCUT2D eigenvalue weighted by molar-refractivity contribution is 6.21. The summed E-state index contributed by atoms with van der Waals surface area (Å²) in [4.78, 5) is 40.4. The molecule has 1 heterocycles. The fourth-order valence-corrected chi connectivity index (χ4v) is 3.11. The van der Waals surface area contributed by atoms with Crippen LogP contribution in [-0.4, -0.2) is 60.9 Å². The molecule has 0 aromatic heterocycles. The summed E-state index contributed by atoms with van der Waals surface area (Å²) in [5.41, 5.74) is 1.86. The van der Waals surface area contributed by atoms with Gasteiger partial charge in [0, 0.05) is 33.2 Å². The third kappa shape index (κ3) is 4.69. The van der Waals surface area contributed by atoms with E-state index in [2.05, 4.69) is 13.8 Å². The fraction of sp³-hybridized carbons (Fsp3) is 0.550. The van der Waals surface area contributed by atoms with Gasteiger partial charge in [-0.05, 0) is 31.4 Å². The first-order valence-electron chi connectivity index (χ1n) is 9.08. The minimum Gasteiger partial charge on any atom is -0.383 e. The Kier molecular flexibility index (Phi) is 6.91. The Balaban J connectivity index is 1.91. The highest BCUT2D eigenvalue weighted by Crippen LogP contribution is 2.24. The summed E-state index contributed by atoms with van der Waals surface area (Å²) in [6.07, 6.45) is 0.772. The first kappa shape index (κ1) is 20.1. The summed E-state index contributed by atoms with van der Waals surface area (Å²) >= 11 is 0. The second-order valence-corrected chi connectivity index (χ2v) is 7.14. The van der Waals surface area contributed by atoms with E-state index >= 15 is 0 Å². The third-order valence-electron chi connectivity index (χ3n) is 4.40. The zero-order chi connectivity index (χ0) is 19.3. The number of fused-ring (bicyclic) bond motifs is 1. The first-order valence-corrected chi connectivity index (χ1v) is 9.08. The van der Waals surface area contributed by atoms with Crippen LogP contribution in [0.15, 0.2) is 18.2 Å². The lowest BCUT2D eigenvalue weighted by Crippen LogP contribution is -2.37. The van der Waals surface area contributed by atoms with Crippen molar-refractivity contribution in [2.45, 2.75) is 33.6 Å².